The molecule has 0 aromatic heterocycles. The summed E-state index contributed by atoms with van der Waals surface area (Å²) >= 11 is 0. The third kappa shape index (κ3) is 2.87. The topological polar surface area (TPSA) is 61.5 Å². The zero-order valence-electron chi connectivity index (χ0n) is 13.7. The highest BCUT2D eigenvalue weighted by molar-refractivity contribution is 5.78. The minimum atomic E-state index is -0.857. The van der Waals surface area contributed by atoms with Gasteiger partial charge in [0.1, 0.15) is 17.6 Å². The number of methoxy groups -OCH3 is 2. The molecule has 0 heterocycles. The number of esters is 1. The van der Waals surface area contributed by atoms with E-state index in [4.69, 9.17) is 15.2 Å². The second-order valence-corrected chi connectivity index (χ2v) is 5.93. The van der Waals surface area contributed by atoms with Gasteiger partial charge in [-0.05, 0) is 59.4 Å². The molecule has 0 saturated carbocycles. The van der Waals surface area contributed by atoms with Crippen LogP contribution in [0.1, 0.15) is 28.2 Å². The van der Waals surface area contributed by atoms with Crippen LogP contribution in [0.4, 0.5) is 4.39 Å². The number of carbonyl (C=O) groups is 1. The number of hydrogen-bond acceptors (Lipinski definition) is 4. The first-order valence-corrected chi connectivity index (χ1v) is 7.83. The number of rotatable bonds is 3. The van der Waals surface area contributed by atoms with Crippen molar-refractivity contribution in [2.75, 3.05) is 14.2 Å². The lowest BCUT2D eigenvalue weighted by atomic mass is 9.83. The van der Waals surface area contributed by atoms with Crippen LogP contribution in [-0.4, -0.2) is 26.2 Å². The van der Waals surface area contributed by atoms with E-state index in [0.717, 1.165) is 34.4 Å². The van der Waals surface area contributed by atoms with Crippen LogP contribution >= 0.6 is 0 Å². The second-order valence-electron chi connectivity index (χ2n) is 5.93. The maximum atomic E-state index is 13.7. The molecule has 0 radical (unpaired) electrons. The Bertz CT molecular complexity index is 775. The fourth-order valence-corrected chi connectivity index (χ4v) is 3.42. The molecule has 126 valence electrons. The van der Waals surface area contributed by atoms with Gasteiger partial charge in [0.25, 0.3) is 0 Å². The van der Waals surface area contributed by atoms with Gasteiger partial charge in [-0.3, -0.25) is 4.79 Å². The van der Waals surface area contributed by atoms with Gasteiger partial charge in [0.15, 0.2) is 0 Å². The molecule has 0 bridgehead atoms. The normalized spacial score (nSPS) is 17.2. The Labute approximate surface area is 140 Å². The van der Waals surface area contributed by atoms with E-state index in [1.54, 1.807) is 13.2 Å². The van der Waals surface area contributed by atoms with E-state index in [2.05, 4.69) is 0 Å². The molecule has 5 heteroatoms. The van der Waals surface area contributed by atoms with Crippen molar-refractivity contribution in [1.29, 1.82) is 0 Å². The standard InChI is InChI=1S/C19H20FNO3/c1-23-14-6-8-16-12(10-14)4-3-11-9-13(20)5-7-15(11)17(16)18(21)19(22)24-2/h5-10,17-18H,3-4,21H2,1-2H3. The number of fused-ring (bicyclic) bond motifs is 2. The average Bonchev–Trinajstić information content (AvgIpc) is 2.76. The van der Waals surface area contributed by atoms with E-state index in [-0.39, 0.29) is 11.7 Å². The summed E-state index contributed by atoms with van der Waals surface area (Å²) in [5, 5.41) is 0. The number of halogens is 1. The number of aryl methyl sites for hydroxylation is 2. The highest BCUT2D eigenvalue weighted by Crippen LogP contribution is 2.38. The quantitative estimate of drug-likeness (QED) is 0.879. The molecule has 1 aliphatic carbocycles. The van der Waals surface area contributed by atoms with Gasteiger partial charge in [0.05, 0.1) is 14.2 Å². The minimum Gasteiger partial charge on any atom is -0.497 e. The van der Waals surface area contributed by atoms with Crippen LogP contribution in [0.2, 0.25) is 0 Å². The average molecular weight is 329 g/mol. The second kappa shape index (κ2) is 6.61. The van der Waals surface area contributed by atoms with Crippen LogP contribution in [0.25, 0.3) is 0 Å². The Morgan fingerprint density at radius 3 is 2.38 bits per heavy atom. The van der Waals surface area contributed by atoms with Crippen molar-refractivity contribution in [3.8, 4) is 5.75 Å². The third-order valence-electron chi connectivity index (χ3n) is 4.62. The molecule has 2 aromatic rings. The smallest absolute Gasteiger partial charge is 0.323 e. The summed E-state index contributed by atoms with van der Waals surface area (Å²) in [6.45, 7) is 0. The van der Waals surface area contributed by atoms with Gasteiger partial charge in [0.2, 0.25) is 0 Å². The number of hydrogen-bond donors (Lipinski definition) is 1. The fourth-order valence-electron chi connectivity index (χ4n) is 3.42. The molecule has 2 atom stereocenters. The van der Waals surface area contributed by atoms with E-state index in [9.17, 15) is 9.18 Å². The van der Waals surface area contributed by atoms with E-state index < -0.39 is 12.0 Å². The van der Waals surface area contributed by atoms with E-state index in [1.807, 2.05) is 18.2 Å². The summed E-state index contributed by atoms with van der Waals surface area (Å²) in [5.74, 6) is -0.408. The lowest BCUT2D eigenvalue weighted by Crippen LogP contribution is -2.38. The van der Waals surface area contributed by atoms with Crippen LogP contribution in [0, 0.1) is 5.82 Å². The first kappa shape index (κ1) is 16.5. The first-order chi connectivity index (χ1) is 11.5. The van der Waals surface area contributed by atoms with Crippen molar-refractivity contribution in [3.05, 3.63) is 64.5 Å². The predicted molar refractivity (Wildman–Crippen MR) is 88.6 cm³/mol. The molecule has 0 spiro atoms. The highest BCUT2D eigenvalue weighted by atomic mass is 19.1. The lowest BCUT2D eigenvalue weighted by Gasteiger charge is -2.25. The number of nitrogens with two attached hydrogens (primary N) is 1. The molecule has 2 unspecified atom stereocenters. The number of carbonyl (C=O) groups excluding carboxylic acids is 1. The SMILES string of the molecule is COC(=O)C(N)C1c2ccc(F)cc2CCc2cc(OC)ccc21. The molecule has 2 aromatic carbocycles. The summed E-state index contributed by atoms with van der Waals surface area (Å²) in [7, 11) is 2.93. The van der Waals surface area contributed by atoms with Crippen LogP contribution in [0.5, 0.6) is 5.75 Å². The van der Waals surface area contributed by atoms with Crippen molar-refractivity contribution < 1.29 is 18.7 Å². The molecule has 0 saturated heterocycles. The Morgan fingerprint density at radius 2 is 1.75 bits per heavy atom. The number of benzene rings is 2. The maximum absolute atomic E-state index is 13.7. The molecule has 1 aliphatic rings. The monoisotopic (exact) mass is 329 g/mol. The summed E-state index contributed by atoms with van der Waals surface area (Å²) in [6.07, 6.45) is 1.41. The molecule has 24 heavy (non-hydrogen) atoms. The van der Waals surface area contributed by atoms with Crippen molar-refractivity contribution in [2.24, 2.45) is 5.73 Å². The van der Waals surface area contributed by atoms with Gasteiger partial charge in [-0.2, -0.15) is 0 Å². The lowest BCUT2D eigenvalue weighted by molar-refractivity contribution is -0.142. The predicted octanol–water partition coefficient (Wildman–Crippen LogP) is 2.57. The van der Waals surface area contributed by atoms with Gasteiger partial charge in [-0.25, -0.2) is 4.39 Å². The Hall–Kier alpha value is -2.40. The fraction of sp³-hybridized carbons (Fsp3) is 0.316. The van der Waals surface area contributed by atoms with Crippen LogP contribution < -0.4 is 10.5 Å². The largest absolute Gasteiger partial charge is 0.497 e. The van der Waals surface area contributed by atoms with Gasteiger partial charge in [0, 0.05) is 5.92 Å². The van der Waals surface area contributed by atoms with Gasteiger partial charge >= 0.3 is 5.97 Å². The van der Waals surface area contributed by atoms with Crippen molar-refractivity contribution >= 4 is 5.97 Å². The van der Waals surface area contributed by atoms with Crippen molar-refractivity contribution in [2.45, 2.75) is 24.8 Å². The van der Waals surface area contributed by atoms with Crippen LogP contribution in [0.15, 0.2) is 36.4 Å². The van der Waals surface area contributed by atoms with E-state index >= 15 is 0 Å². The molecule has 0 fully saturated rings. The Morgan fingerprint density at radius 1 is 1.12 bits per heavy atom. The summed E-state index contributed by atoms with van der Waals surface area (Å²) in [4.78, 5) is 12.1. The van der Waals surface area contributed by atoms with Gasteiger partial charge in [-0.15, -0.1) is 0 Å². The Kier molecular flexibility index (Phi) is 4.53. The zero-order chi connectivity index (χ0) is 17.3. The summed E-state index contributed by atoms with van der Waals surface area (Å²) < 4.78 is 23.8. The molecule has 0 aliphatic heterocycles. The Balaban J connectivity index is 2.18. The minimum absolute atomic E-state index is 0.289. The van der Waals surface area contributed by atoms with Crippen molar-refractivity contribution in [3.63, 3.8) is 0 Å². The molecule has 3 rings (SSSR count). The highest BCUT2D eigenvalue weighted by Gasteiger charge is 2.33. The number of ether oxygens (including phenoxy) is 2. The molecular formula is C19H20FNO3. The first-order valence-electron chi connectivity index (χ1n) is 7.83. The summed E-state index contributed by atoms with van der Waals surface area (Å²) in [6, 6.07) is 9.53. The van der Waals surface area contributed by atoms with Gasteiger partial charge < -0.3 is 15.2 Å². The van der Waals surface area contributed by atoms with Crippen LogP contribution in [-0.2, 0) is 22.4 Å². The van der Waals surface area contributed by atoms with Crippen molar-refractivity contribution in [1.82, 2.24) is 0 Å². The zero-order valence-corrected chi connectivity index (χ0v) is 13.7. The summed E-state index contributed by atoms with van der Waals surface area (Å²) in [5.41, 5.74) is 9.96. The molecule has 2 N–H and O–H groups in total. The van der Waals surface area contributed by atoms with E-state index in [0.29, 0.717) is 6.42 Å². The third-order valence-corrected chi connectivity index (χ3v) is 4.62. The van der Waals surface area contributed by atoms with E-state index in [1.165, 1.54) is 19.2 Å². The maximum Gasteiger partial charge on any atom is 0.323 e. The van der Waals surface area contributed by atoms with Gasteiger partial charge in [-0.1, -0.05) is 12.1 Å². The van der Waals surface area contributed by atoms with Crippen LogP contribution in [0.3, 0.4) is 0 Å². The molecular weight excluding hydrogens is 309 g/mol. The molecule has 0 amide bonds. The molecule has 4 nitrogen and oxygen atoms in total.